The Hall–Kier alpha value is -0.585. The molecule has 0 aromatic heterocycles. The number of benzene rings is 1. The summed E-state index contributed by atoms with van der Waals surface area (Å²) in [5, 5.41) is 0. The Morgan fingerprint density at radius 1 is 1.00 bits per heavy atom. The number of hydrogen-bond acceptors (Lipinski definition) is 0. The van der Waals surface area contributed by atoms with E-state index in [0.29, 0.717) is 6.07 Å². The van der Waals surface area contributed by atoms with Crippen molar-refractivity contribution in [2.75, 3.05) is 0 Å². The topological polar surface area (TPSA) is 0 Å². The van der Waals surface area contributed by atoms with Crippen LogP contribution in [0.1, 0.15) is 0 Å². The Bertz CT molecular complexity index is 335. The molecular formula is C6H2BBrF5-. The highest BCUT2D eigenvalue weighted by Crippen LogP contribution is 2.19. The van der Waals surface area contributed by atoms with Crippen molar-refractivity contribution in [2.24, 2.45) is 0 Å². The van der Waals surface area contributed by atoms with Crippen molar-refractivity contribution in [1.82, 2.24) is 0 Å². The monoisotopic (exact) mass is 259 g/mol. The van der Waals surface area contributed by atoms with Crippen molar-refractivity contribution in [3.8, 4) is 0 Å². The van der Waals surface area contributed by atoms with Crippen LogP contribution in [-0.4, -0.2) is 6.98 Å². The minimum absolute atomic E-state index is 0.138. The van der Waals surface area contributed by atoms with E-state index >= 15 is 0 Å². The Labute approximate surface area is 78.9 Å². The van der Waals surface area contributed by atoms with Gasteiger partial charge in [-0.25, -0.2) is 8.78 Å². The van der Waals surface area contributed by atoms with Crippen LogP contribution in [0, 0.1) is 11.6 Å². The summed E-state index contributed by atoms with van der Waals surface area (Å²) >= 11 is 2.51. The summed E-state index contributed by atoms with van der Waals surface area (Å²) in [7, 11) is 0. The lowest BCUT2D eigenvalue weighted by Gasteiger charge is -2.16. The summed E-state index contributed by atoms with van der Waals surface area (Å²) in [5.74, 6) is -2.81. The van der Waals surface area contributed by atoms with Crippen LogP contribution in [0.3, 0.4) is 0 Å². The van der Waals surface area contributed by atoms with E-state index in [1.54, 1.807) is 0 Å². The standard InChI is InChI=1S/C6H2BBrF5/c8-4-2-6(10)5(9)1-3(4)7(11,12)13/h1-2H/q-1. The molecule has 1 aromatic carbocycles. The molecule has 0 saturated heterocycles. The van der Waals surface area contributed by atoms with Gasteiger partial charge in [-0.1, -0.05) is 21.4 Å². The second kappa shape index (κ2) is 3.28. The van der Waals surface area contributed by atoms with E-state index in [1.807, 2.05) is 0 Å². The third kappa shape index (κ3) is 2.21. The highest BCUT2D eigenvalue weighted by atomic mass is 79.9. The van der Waals surface area contributed by atoms with E-state index in [9.17, 15) is 21.7 Å². The molecule has 0 aliphatic heterocycles. The first-order valence-corrected chi connectivity index (χ1v) is 3.96. The molecule has 0 heterocycles. The molecule has 0 atom stereocenters. The first kappa shape index (κ1) is 10.5. The molecular weight excluding hydrogens is 258 g/mol. The molecule has 0 unspecified atom stereocenters. The van der Waals surface area contributed by atoms with Crippen LogP contribution in [0.15, 0.2) is 16.6 Å². The van der Waals surface area contributed by atoms with Crippen LogP contribution in [0.4, 0.5) is 21.7 Å². The van der Waals surface area contributed by atoms with Crippen molar-refractivity contribution in [3.63, 3.8) is 0 Å². The van der Waals surface area contributed by atoms with Gasteiger partial charge in [-0.2, -0.15) is 0 Å². The fraction of sp³-hybridized carbons (Fsp3) is 0. The van der Waals surface area contributed by atoms with Crippen LogP contribution >= 0.6 is 15.9 Å². The maximum atomic E-state index is 12.4. The average Bonchev–Trinajstić information content (AvgIpc) is 1.94. The van der Waals surface area contributed by atoms with E-state index in [2.05, 4.69) is 15.9 Å². The Morgan fingerprint density at radius 2 is 1.46 bits per heavy atom. The zero-order chi connectivity index (χ0) is 10.2. The summed E-state index contributed by atoms with van der Waals surface area (Å²) in [6, 6.07) is 0.597. The van der Waals surface area contributed by atoms with Crippen LogP contribution < -0.4 is 5.46 Å². The third-order valence-corrected chi connectivity index (χ3v) is 2.08. The summed E-state index contributed by atoms with van der Waals surface area (Å²) in [4.78, 5) is 0. The summed E-state index contributed by atoms with van der Waals surface area (Å²) < 4.78 is 60.6. The van der Waals surface area contributed by atoms with Crippen LogP contribution in [0.2, 0.25) is 0 Å². The van der Waals surface area contributed by atoms with Crippen molar-refractivity contribution >= 4 is 28.4 Å². The fourth-order valence-electron chi connectivity index (χ4n) is 0.789. The van der Waals surface area contributed by atoms with E-state index in [1.165, 1.54) is 0 Å². The van der Waals surface area contributed by atoms with Crippen molar-refractivity contribution < 1.29 is 21.7 Å². The zero-order valence-electron chi connectivity index (χ0n) is 6.00. The fourth-order valence-corrected chi connectivity index (χ4v) is 1.36. The minimum Gasteiger partial charge on any atom is -0.445 e. The maximum Gasteiger partial charge on any atom is 0.510 e. The summed E-state index contributed by atoms with van der Waals surface area (Å²) in [6.07, 6.45) is 0. The highest BCUT2D eigenvalue weighted by Gasteiger charge is 2.29. The van der Waals surface area contributed by atoms with Crippen molar-refractivity contribution in [2.45, 2.75) is 0 Å². The molecule has 0 radical (unpaired) electrons. The van der Waals surface area contributed by atoms with Crippen molar-refractivity contribution in [1.29, 1.82) is 0 Å². The molecule has 0 aliphatic carbocycles. The molecule has 0 fully saturated rings. The molecule has 0 amide bonds. The number of hydrogen-bond donors (Lipinski definition) is 0. The minimum atomic E-state index is -5.32. The van der Waals surface area contributed by atoms with Gasteiger partial charge in [0.05, 0.1) is 0 Å². The summed E-state index contributed by atoms with van der Waals surface area (Å²) in [5.41, 5.74) is -1.17. The Kier molecular flexibility index (Phi) is 2.65. The molecule has 0 N–H and O–H groups in total. The molecule has 1 aromatic rings. The average molecular weight is 260 g/mol. The van der Waals surface area contributed by atoms with E-state index < -0.39 is 28.5 Å². The molecule has 0 nitrogen and oxygen atoms in total. The van der Waals surface area contributed by atoms with Crippen molar-refractivity contribution in [3.05, 3.63) is 28.2 Å². The van der Waals surface area contributed by atoms with Gasteiger partial charge in [0.2, 0.25) is 0 Å². The largest absolute Gasteiger partial charge is 0.510 e. The predicted molar refractivity (Wildman–Crippen MR) is 42.8 cm³/mol. The third-order valence-electron chi connectivity index (χ3n) is 1.39. The van der Waals surface area contributed by atoms with Gasteiger partial charge in [0.1, 0.15) is 0 Å². The molecule has 0 spiro atoms. The lowest BCUT2D eigenvalue weighted by Crippen LogP contribution is -2.35. The molecule has 0 saturated carbocycles. The Balaban J connectivity index is 3.32. The zero-order valence-corrected chi connectivity index (χ0v) is 7.59. The molecule has 0 bridgehead atoms. The van der Waals surface area contributed by atoms with E-state index in [-0.39, 0.29) is 6.07 Å². The van der Waals surface area contributed by atoms with Crippen LogP contribution in [0.5, 0.6) is 0 Å². The quantitative estimate of drug-likeness (QED) is 0.413. The van der Waals surface area contributed by atoms with Crippen LogP contribution in [-0.2, 0) is 0 Å². The maximum absolute atomic E-state index is 12.4. The van der Waals surface area contributed by atoms with Gasteiger partial charge in [0.15, 0.2) is 11.6 Å². The van der Waals surface area contributed by atoms with E-state index in [0.717, 1.165) is 0 Å². The van der Waals surface area contributed by atoms with E-state index in [4.69, 9.17) is 0 Å². The normalized spacial score (nSPS) is 11.8. The van der Waals surface area contributed by atoms with Gasteiger partial charge in [-0.15, -0.1) is 0 Å². The number of halogens is 6. The second-order valence-corrected chi connectivity index (χ2v) is 3.22. The molecule has 72 valence electrons. The van der Waals surface area contributed by atoms with Gasteiger partial charge < -0.3 is 12.9 Å². The second-order valence-electron chi connectivity index (χ2n) is 2.36. The lowest BCUT2D eigenvalue weighted by atomic mass is 9.80. The van der Waals surface area contributed by atoms with Crippen LogP contribution in [0.25, 0.3) is 0 Å². The molecule has 0 aliphatic rings. The lowest BCUT2D eigenvalue weighted by molar-refractivity contribution is 0.492. The first-order valence-electron chi connectivity index (χ1n) is 3.16. The van der Waals surface area contributed by atoms with Gasteiger partial charge in [-0.3, -0.25) is 0 Å². The SMILES string of the molecule is Fc1cc(Br)c([B-](F)(F)F)cc1F. The molecule has 7 heteroatoms. The highest BCUT2D eigenvalue weighted by molar-refractivity contribution is 9.10. The summed E-state index contributed by atoms with van der Waals surface area (Å²) in [6.45, 7) is -5.32. The predicted octanol–water partition coefficient (Wildman–Crippen LogP) is 2.78. The van der Waals surface area contributed by atoms with Gasteiger partial charge in [-0.05, 0) is 16.6 Å². The van der Waals surface area contributed by atoms with Gasteiger partial charge in [0, 0.05) is 0 Å². The Morgan fingerprint density at radius 3 is 1.92 bits per heavy atom. The smallest absolute Gasteiger partial charge is 0.445 e. The van der Waals surface area contributed by atoms with Gasteiger partial charge >= 0.3 is 6.98 Å². The first-order chi connectivity index (χ1) is 5.82. The molecule has 13 heavy (non-hydrogen) atoms. The molecule has 1 rings (SSSR count). The van der Waals surface area contributed by atoms with Gasteiger partial charge in [0.25, 0.3) is 0 Å². The number of rotatable bonds is 1.